The van der Waals surface area contributed by atoms with Crippen LogP contribution in [-0.2, 0) is 20.9 Å². The number of esters is 1. The normalized spacial score (nSPS) is 12.0. The Bertz CT molecular complexity index is 1030. The highest BCUT2D eigenvalue weighted by atomic mass is 32.1. The molecule has 0 saturated carbocycles. The van der Waals surface area contributed by atoms with Crippen LogP contribution >= 0.6 is 22.7 Å². The lowest BCUT2D eigenvalue weighted by atomic mass is 10.3. The van der Waals surface area contributed by atoms with E-state index in [1.807, 2.05) is 29.6 Å². The van der Waals surface area contributed by atoms with Crippen LogP contribution in [0.2, 0.25) is 0 Å². The fraction of sp³-hybridized carbons (Fsp3) is 0.167. The lowest BCUT2D eigenvalue weighted by Gasteiger charge is -2.07. The van der Waals surface area contributed by atoms with Gasteiger partial charge in [0.1, 0.15) is 17.8 Å². The summed E-state index contributed by atoms with van der Waals surface area (Å²) in [6.45, 7) is -0.0579. The number of ether oxygens (including phenoxy) is 2. The number of aromatic nitrogens is 1. The van der Waals surface area contributed by atoms with Crippen LogP contribution in [0.3, 0.4) is 0 Å². The Morgan fingerprint density at radius 3 is 2.77 bits per heavy atom. The molecule has 26 heavy (non-hydrogen) atoms. The molecule has 3 rings (SSSR count). The Morgan fingerprint density at radius 2 is 2.08 bits per heavy atom. The predicted octanol–water partition coefficient (Wildman–Crippen LogP) is 3.09. The lowest BCUT2D eigenvalue weighted by Crippen LogP contribution is -2.22. The first-order chi connectivity index (χ1) is 12.6. The van der Waals surface area contributed by atoms with Crippen molar-refractivity contribution in [2.45, 2.75) is 6.54 Å². The Morgan fingerprint density at radius 1 is 1.23 bits per heavy atom. The smallest absolute Gasteiger partial charge is 0.325 e. The number of benzene rings is 1. The van der Waals surface area contributed by atoms with Crippen molar-refractivity contribution < 1.29 is 19.1 Å². The number of nitrogens with zero attached hydrogens (tertiary/aromatic N) is 2. The summed E-state index contributed by atoms with van der Waals surface area (Å²) in [5.41, 5.74) is 0.708. The van der Waals surface area contributed by atoms with E-state index >= 15 is 0 Å². The van der Waals surface area contributed by atoms with Crippen LogP contribution in [0.25, 0.3) is 16.3 Å². The Kier molecular flexibility index (Phi) is 5.65. The minimum Gasteiger partial charge on any atom is -0.495 e. The van der Waals surface area contributed by atoms with E-state index in [2.05, 4.69) is 4.99 Å². The molecule has 0 N–H and O–H groups in total. The van der Waals surface area contributed by atoms with E-state index in [0.717, 1.165) is 9.58 Å². The molecule has 0 aliphatic carbocycles. The third-order valence-electron chi connectivity index (χ3n) is 3.54. The number of methoxy groups -OCH3 is 2. The van der Waals surface area contributed by atoms with Gasteiger partial charge in [-0.25, -0.2) is 0 Å². The molecule has 0 unspecified atom stereocenters. The summed E-state index contributed by atoms with van der Waals surface area (Å²) in [6, 6.07) is 9.36. The van der Waals surface area contributed by atoms with Crippen molar-refractivity contribution in [2.24, 2.45) is 4.99 Å². The Balaban J connectivity index is 2.07. The summed E-state index contributed by atoms with van der Waals surface area (Å²) in [4.78, 5) is 29.6. The maximum absolute atomic E-state index is 12.2. The summed E-state index contributed by atoms with van der Waals surface area (Å²) in [5.74, 6) is -0.230. The SMILES string of the molecule is COC(=O)Cn1c(=NC(=O)C=Cc2cccs2)sc2cccc(OC)c21. The molecule has 2 heterocycles. The van der Waals surface area contributed by atoms with Gasteiger partial charge >= 0.3 is 5.97 Å². The van der Waals surface area contributed by atoms with E-state index in [9.17, 15) is 9.59 Å². The Hall–Kier alpha value is -2.71. The molecule has 0 bridgehead atoms. The zero-order chi connectivity index (χ0) is 18.5. The summed E-state index contributed by atoms with van der Waals surface area (Å²) >= 11 is 2.85. The highest BCUT2D eigenvalue weighted by Crippen LogP contribution is 2.27. The summed E-state index contributed by atoms with van der Waals surface area (Å²) < 4.78 is 12.7. The molecule has 0 spiro atoms. The first-order valence-corrected chi connectivity index (χ1v) is 9.35. The summed E-state index contributed by atoms with van der Waals surface area (Å²) in [5, 5.41) is 1.93. The Labute approximate surface area is 157 Å². The summed E-state index contributed by atoms with van der Waals surface area (Å²) in [6.07, 6.45) is 3.13. The van der Waals surface area contributed by atoms with Crippen LogP contribution in [-0.4, -0.2) is 30.7 Å². The van der Waals surface area contributed by atoms with Gasteiger partial charge in [-0.15, -0.1) is 11.3 Å². The van der Waals surface area contributed by atoms with Crippen LogP contribution in [0.15, 0.2) is 46.8 Å². The molecule has 0 fully saturated rings. The van der Waals surface area contributed by atoms with Crippen LogP contribution in [0, 0.1) is 0 Å². The van der Waals surface area contributed by atoms with Gasteiger partial charge in [-0.3, -0.25) is 9.59 Å². The third kappa shape index (κ3) is 3.92. The number of para-hydroxylation sites is 1. The molecule has 2 aromatic heterocycles. The topological polar surface area (TPSA) is 69.9 Å². The molecule has 3 aromatic rings. The number of thiophene rings is 1. The van der Waals surface area contributed by atoms with Gasteiger partial charge in [-0.2, -0.15) is 4.99 Å². The number of amides is 1. The van der Waals surface area contributed by atoms with Gasteiger partial charge in [0.15, 0.2) is 4.80 Å². The van der Waals surface area contributed by atoms with Crippen molar-refractivity contribution in [3.63, 3.8) is 0 Å². The van der Waals surface area contributed by atoms with Gasteiger partial charge < -0.3 is 14.0 Å². The van der Waals surface area contributed by atoms with Crippen molar-refractivity contribution in [3.05, 3.63) is 51.5 Å². The quantitative estimate of drug-likeness (QED) is 0.497. The molecule has 1 amide bonds. The fourth-order valence-electron chi connectivity index (χ4n) is 2.36. The van der Waals surface area contributed by atoms with E-state index in [0.29, 0.717) is 16.1 Å². The van der Waals surface area contributed by atoms with Gasteiger partial charge in [-0.05, 0) is 29.7 Å². The molecule has 0 aliphatic rings. The monoisotopic (exact) mass is 388 g/mol. The zero-order valence-corrected chi connectivity index (χ0v) is 15.8. The second-order valence-corrected chi connectivity index (χ2v) is 7.14. The van der Waals surface area contributed by atoms with Crippen molar-refractivity contribution in [1.29, 1.82) is 0 Å². The highest BCUT2D eigenvalue weighted by Gasteiger charge is 2.14. The zero-order valence-electron chi connectivity index (χ0n) is 14.2. The average molecular weight is 388 g/mol. The van der Waals surface area contributed by atoms with E-state index < -0.39 is 11.9 Å². The number of hydrogen-bond donors (Lipinski definition) is 0. The van der Waals surface area contributed by atoms with Gasteiger partial charge in [0, 0.05) is 11.0 Å². The number of rotatable bonds is 5. The molecular formula is C18H16N2O4S2. The van der Waals surface area contributed by atoms with E-state index in [4.69, 9.17) is 9.47 Å². The van der Waals surface area contributed by atoms with Gasteiger partial charge in [0.2, 0.25) is 0 Å². The van der Waals surface area contributed by atoms with E-state index in [1.54, 1.807) is 23.8 Å². The highest BCUT2D eigenvalue weighted by molar-refractivity contribution is 7.16. The molecule has 6 nitrogen and oxygen atoms in total. The average Bonchev–Trinajstić information content (AvgIpc) is 3.28. The van der Waals surface area contributed by atoms with E-state index in [-0.39, 0.29) is 6.54 Å². The first kappa shape index (κ1) is 18.1. The minimum absolute atomic E-state index is 0.0579. The number of carbonyl (C=O) groups excluding carboxylic acids is 2. The lowest BCUT2D eigenvalue weighted by molar-refractivity contribution is -0.141. The van der Waals surface area contributed by atoms with Gasteiger partial charge in [0.05, 0.1) is 18.9 Å². The van der Waals surface area contributed by atoms with Crippen molar-refractivity contribution in [1.82, 2.24) is 4.57 Å². The molecule has 1 aromatic carbocycles. The van der Waals surface area contributed by atoms with Crippen LogP contribution in [0.4, 0.5) is 0 Å². The molecule has 0 aliphatic heterocycles. The molecule has 0 atom stereocenters. The molecule has 134 valence electrons. The van der Waals surface area contributed by atoms with Crippen molar-refractivity contribution in [3.8, 4) is 5.75 Å². The maximum atomic E-state index is 12.2. The number of fused-ring (bicyclic) bond motifs is 1. The molecule has 0 radical (unpaired) electrons. The number of thiazole rings is 1. The summed E-state index contributed by atoms with van der Waals surface area (Å²) in [7, 11) is 2.88. The number of hydrogen-bond acceptors (Lipinski definition) is 6. The molecule has 0 saturated heterocycles. The van der Waals surface area contributed by atoms with Crippen LogP contribution in [0.5, 0.6) is 5.75 Å². The first-order valence-electron chi connectivity index (χ1n) is 7.66. The predicted molar refractivity (Wildman–Crippen MR) is 102 cm³/mol. The van der Waals surface area contributed by atoms with E-state index in [1.165, 1.54) is 35.9 Å². The largest absolute Gasteiger partial charge is 0.495 e. The number of carbonyl (C=O) groups is 2. The maximum Gasteiger partial charge on any atom is 0.325 e. The fourth-order valence-corrected chi connectivity index (χ4v) is 4.03. The van der Waals surface area contributed by atoms with Crippen LogP contribution in [0.1, 0.15) is 4.88 Å². The van der Waals surface area contributed by atoms with Crippen LogP contribution < -0.4 is 9.54 Å². The van der Waals surface area contributed by atoms with Crippen molar-refractivity contribution in [2.75, 3.05) is 14.2 Å². The van der Waals surface area contributed by atoms with Gasteiger partial charge in [0.25, 0.3) is 5.91 Å². The van der Waals surface area contributed by atoms with Gasteiger partial charge in [-0.1, -0.05) is 23.5 Å². The molecular weight excluding hydrogens is 372 g/mol. The minimum atomic E-state index is -0.432. The second-order valence-electron chi connectivity index (χ2n) is 5.15. The second kappa shape index (κ2) is 8.11. The standard InChI is InChI=1S/C18H16N2O4S2/c1-23-13-6-3-7-14-17(13)20(11-16(22)24-2)18(26-14)19-15(21)9-8-12-5-4-10-25-12/h3-10H,11H2,1-2H3. The van der Waals surface area contributed by atoms with Crippen molar-refractivity contribution >= 4 is 50.8 Å². The third-order valence-corrected chi connectivity index (χ3v) is 5.42. The molecule has 8 heteroatoms.